The van der Waals surface area contributed by atoms with Gasteiger partial charge in [0.15, 0.2) is 0 Å². The fourth-order valence-electron chi connectivity index (χ4n) is 2.86. The molecular formula is C18H27N3O2S. The maximum absolute atomic E-state index is 12.8. The first-order chi connectivity index (χ1) is 11.6. The number of anilines is 1. The number of hydrogen-bond donors (Lipinski definition) is 2. The Hall–Kier alpha value is -1.69. The van der Waals surface area contributed by atoms with E-state index < -0.39 is 6.04 Å². The lowest BCUT2D eigenvalue weighted by Crippen LogP contribution is -2.48. The Kier molecular flexibility index (Phi) is 7.43. The van der Waals surface area contributed by atoms with Crippen molar-refractivity contribution in [3.63, 3.8) is 0 Å². The third kappa shape index (κ3) is 5.44. The Morgan fingerprint density at radius 3 is 2.75 bits per heavy atom. The Balaban J connectivity index is 1.91. The molecule has 0 radical (unpaired) electrons. The molecule has 6 heteroatoms. The molecule has 2 rings (SSSR count). The van der Waals surface area contributed by atoms with Crippen LogP contribution in [0.5, 0.6) is 0 Å². The first-order valence-electron chi connectivity index (χ1n) is 8.52. The van der Waals surface area contributed by atoms with E-state index in [1.54, 1.807) is 18.7 Å². The van der Waals surface area contributed by atoms with Crippen LogP contribution in [0.2, 0.25) is 0 Å². The zero-order valence-electron chi connectivity index (χ0n) is 14.5. The van der Waals surface area contributed by atoms with Gasteiger partial charge in [-0.25, -0.2) is 0 Å². The predicted octanol–water partition coefficient (Wildman–Crippen LogP) is 2.35. The minimum Gasteiger partial charge on any atom is -0.380 e. The van der Waals surface area contributed by atoms with Crippen molar-refractivity contribution in [1.82, 2.24) is 10.2 Å². The van der Waals surface area contributed by atoms with Crippen LogP contribution in [0.15, 0.2) is 30.3 Å². The fourth-order valence-corrected chi connectivity index (χ4v) is 3.33. The lowest BCUT2D eigenvalue weighted by molar-refractivity contribution is -0.135. The summed E-state index contributed by atoms with van der Waals surface area (Å²) in [4.78, 5) is 26.4. The summed E-state index contributed by atoms with van der Waals surface area (Å²) in [6.45, 7) is 3.23. The van der Waals surface area contributed by atoms with Crippen LogP contribution in [0.3, 0.4) is 0 Å². The molecule has 2 N–H and O–H groups in total. The predicted molar refractivity (Wildman–Crippen MR) is 100 cm³/mol. The molecular weight excluding hydrogens is 322 g/mol. The SMILES string of the molecule is CCC(=O)N[C@H](CCSC)C(=O)N1CC[C@H](Nc2ccccc2)C1. The summed E-state index contributed by atoms with van der Waals surface area (Å²) in [5.41, 5.74) is 1.08. The molecule has 0 aromatic heterocycles. The fraction of sp³-hybridized carbons (Fsp3) is 0.556. The van der Waals surface area contributed by atoms with E-state index in [2.05, 4.69) is 10.6 Å². The molecule has 1 aliphatic heterocycles. The number of amides is 2. The van der Waals surface area contributed by atoms with Crippen LogP contribution in [-0.2, 0) is 9.59 Å². The second kappa shape index (κ2) is 9.57. The molecule has 132 valence electrons. The number of thioether (sulfide) groups is 1. The maximum Gasteiger partial charge on any atom is 0.245 e. The quantitative estimate of drug-likeness (QED) is 0.756. The van der Waals surface area contributed by atoms with Crippen LogP contribution in [0.25, 0.3) is 0 Å². The Bertz CT molecular complexity index is 538. The van der Waals surface area contributed by atoms with Gasteiger partial charge in [0.2, 0.25) is 11.8 Å². The third-order valence-electron chi connectivity index (χ3n) is 4.21. The molecule has 1 saturated heterocycles. The second-order valence-corrected chi connectivity index (χ2v) is 7.02. The summed E-state index contributed by atoms with van der Waals surface area (Å²) < 4.78 is 0. The first kappa shape index (κ1) is 18.6. The normalized spacial score (nSPS) is 18.2. The number of carbonyl (C=O) groups excluding carboxylic acids is 2. The summed E-state index contributed by atoms with van der Waals surface area (Å²) in [7, 11) is 0. The van der Waals surface area contributed by atoms with Crippen LogP contribution in [-0.4, -0.2) is 53.9 Å². The van der Waals surface area contributed by atoms with Crippen molar-refractivity contribution < 1.29 is 9.59 Å². The molecule has 0 bridgehead atoms. The van der Waals surface area contributed by atoms with Crippen molar-refractivity contribution >= 4 is 29.3 Å². The molecule has 1 aromatic carbocycles. The molecule has 1 aliphatic rings. The highest BCUT2D eigenvalue weighted by Gasteiger charge is 2.31. The van der Waals surface area contributed by atoms with Crippen molar-refractivity contribution in [2.45, 2.75) is 38.3 Å². The molecule has 0 unspecified atom stereocenters. The average Bonchev–Trinajstić information content (AvgIpc) is 3.07. The molecule has 0 saturated carbocycles. The smallest absolute Gasteiger partial charge is 0.245 e. The van der Waals surface area contributed by atoms with Gasteiger partial charge in [0.1, 0.15) is 6.04 Å². The number of nitrogens with one attached hydrogen (secondary N) is 2. The number of rotatable bonds is 8. The van der Waals surface area contributed by atoms with Gasteiger partial charge in [-0.15, -0.1) is 0 Å². The van der Waals surface area contributed by atoms with Crippen LogP contribution in [0, 0.1) is 0 Å². The highest BCUT2D eigenvalue weighted by Crippen LogP contribution is 2.17. The van der Waals surface area contributed by atoms with Crippen molar-refractivity contribution in [1.29, 1.82) is 0 Å². The van der Waals surface area contributed by atoms with Gasteiger partial charge in [-0.1, -0.05) is 25.1 Å². The number of para-hydroxylation sites is 1. The van der Waals surface area contributed by atoms with Gasteiger partial charge >= 0.3 is 0 Å². The van der Waals surface area contributed by atoms with Crippen molar-refractivity contribution in [2.75, 3.05) is 30.4 Å². The number of likely N-dealkylation sites (tertiary alicyclic amines) is 1. The summed E-state index contributed by atoms with van der Waals surface area (Å²) in [6.07, 6.45) is 4.02. The molecule has 0 aliphatic carbocycles. The average molecular weight is 350 g/mol. The van der Waals surface area contributed by atoms with Gasteiger partial charge < -0.3 is 15.5 Å². The zero-order valence-corrected chi connectivity index (χ0v) is 15.3. The third-order valence-corrected chi connectivity index (χ3v) is 4.85. The topological polar surface area (TPSA) is 61.4 Å². The molecule has 2 amide bonds. The van der Waals surface area contributed by atoms with E-state index in [0.29, 0.717) is 19.4 Å². The Labute approximate surface area is 148 Å². The Morgan fingerprint density at radius 2 is 2.08 bits per heavy atom. The van der Waals surface area contributed by atoms with Crippen LogP contribution in [0.1, 0.15) is 26.2 Å². The highest BCUT2D eigenvalue weighted by molar-refractivity contribution is 7.98. The Morgan fingerprint density at radius 1 is 1.33 bits per heavy atom. The first-order valence-corrected chi connectivity index (χ1v) is 9.92. The van der Waals surface area contributed by atoms with Gasteiger partial charge in [-0.05, 0) is 37.0 Å². The largest absolute Gasteiger partial charge is 0.380 e. The minimum atomic E-state index is -0.402. The second-order valence-electron chi connectivity index (χ2n) is 6.04. The van der Waals surface area contributed by atoms with Gasteiger partial charge in [-0.2, -0.15) is 11.8 Å². The summed E-state index contributed by atoms with van der Waals surface area (Å²) in [5, 5.41) is 6.35. The van der Waals surface area contributed by atoms with Gasteiger partial charge in [0.25, 0.3) is 0 Å². The monoisotopic (exact) mass is 349 g/mol. The van der Waals surface area contributed by atoms with E-state index in [9.17, 15) is 9.59 Å². The van der Waals surface area contributed by atoms with Crippen LogP contribution in [0.4, 0.5) is 5.69 Å². The molecule has 1 fully saturated rings. The van der Waals surface area contributed by atoms with E-state index in [1.165, 1.54) is 0 Å². The molecule has 1 aromatic rings. The zero-order chi connectivity index (χ0) is 17.4. The maximum atomic E-state index is 12.8. The number of carbonyl (C=O) groups is 2. The summed E-state index contributed by atoms with van der Waals surface area (Å²) in [5.74, 6) is 0.843. The van der Waals surface area contributed by atoms with Gasteiger partial charge in [-0.3, -0.25) is 9.59 Å². The molecule has 0 spiro atoms. The lowest BCUT2D eigenvalue weighted by Gasteiger charge is -2.24. The molecule has 2 atom stereocenters. The van der Waals surface area contributed by atoms with Crippen molar-refractivity contribution in [2.24, 2.45) is 0 Å². The number of benzene rings is 1. The van der Waals surface area contributed by atoms with E-state index in [1.807, 2.05) is 41.5 Å². The minimum absolute atomic E-state index is 0.0446. The standard InChI is InChI=1S/C18H27N3O2S/c1-3-17(22)20-16(10-12-24-2)18(23)21-11-9-15(13-21)19-14-7-5-4-6-8-14/h4-8,15-16,19H,3,9-13H2,1-2H3,(H,20,22)/t15-,16+/m0/s1. The van der Waals surface area contributed by atoms with E-state index in [4.69, 9.17) is 0 Å². The lowest BCUT2D eigenvalue weighted by atomic mass is 10.2. The van der Waals surface area contributed by atoms with E-state index in [0.717, 1.165) is 24.4 Å². The van der Waals surface area contributed by atoms with E-state index in [-0.39, 0.29) is 17.9 Å². The number of nitrogens with zero attached hydrogens (tertiary/aromatic N) is 1. The molecule has 1 heterocycles. The van der Waals surface area contributed by atoms with Crippen molar-refractivity contribution in [3.05, 3.63) is 30.3 Å². The van der Waals surface area contributed by atoms with Gasteiger partial charge in [0, 0.05) is 31.2 Å². The summed E-state index contributed by atoms with van der Waals surface area (Å²) >= 11 is 1.69. The summed E-state index contributed by atoms with van der Waals surface area (Å²) in [6, 6.07) is 9.92. The van der Waals surface area contributed by atoms with Gasteiger partial charge in [0.05, 0.1) is 0 Å². The molecule has 24 heavy (non-hydrogen) atoms. The van der Waals surface area contributed by atoms with Crippen molar-refractivity contribution in [3.8, 4) is 0 Å². The van der Waals surface area contributed by atoms with E-state index >= 15 is 0 Å². The highest BCUT2D eigenvalue weighted by atomic mass is 32.2. The molecule has 5 nitrogen and oxygen atoms in total. The number of hydrogen-bond acceptors (Lipinski definition) is 4. The van der Waals surface area contributed by atoms with Crippen LogP contribution < -0.4 is 10.6 Å². The van der Waals surface area contributed by atoms with Crippen LogP contribution >= 0.6 is 11.8 Å².